The van der Waals surface area contributed by atoms with Crippen LogP contribution in [0.4, 0.5) is 0 Å². The van der Waals surface area contributed by atoms with Gasteiger partial charge in [0.2, 0.25) is 0 Å². The van der Waals surface area contributed by atoms with E-state index in [-0.39, 0.29) is 0 Å². The Balaban J connectivity index is 1.84. The fourth-order valence-electron chi connectivity index (χ4n) is 3.74. The number of benzene rings is 3. The Labute approximate surface area is 208 Å². The highest BCUT2D eigenvalue weighted by atomic mass is 35.5. The van der Waals surface area contributed by atoms with Gasteiger partial charge in [0.1, 0.15) is 0 Å². The molecule has 33 heavy (non-hydrogen) atoms. The second-order valence-electron chi connectivity index (χ2n) is 7.50. The highest BCUT2D eigenvalue weighted by Gasteiger charge is 2.22. The van der Waals surface area contributed by atoms with Crippen molar-refractivity contribution >= 4 is 35.0 Å². The molecule has 0 bridgehead atoms. The average Bonchev–Trinajstić information content (AvgIpc) is 3.25. The number of thioether (sulfide) groups is 1. The van der Waals surface area contributed by atoms with Crippen molar-refractivity contribution < 1.29 is 0 Å². The quantitative estimate of drug-likeness (QED) is 0.250. The molecule has 0 aliphatic carbocycles. The Hall–Kier alpha value is -2.78. The van der Waals surface area contributed by atoms with Gasteiger partial charge in [0, 0.05) is 16.3 Å². The van der Waals surface area contributed by atoms with E-state index >= 15 is 0 Å². The molecule has 7 heteroatoms. The Morgan fingerprint density at radius 2 is 1.64 bits per heavy atom. The van der Waals surface area contributed by atoms with Gasteiger partial charge in [0.15, 0.2) is 11.0 Å². The van der Waals surface area contributed by atoms with Crippen molar-refractivity contribution in [3.8, 4) is 23.1 Å². The first-order valence-electron chi connectivity index (χ1n) is 10.7. The van der Waals surface area contributed by atoms with Crippen LogP contribution in [-0.4, -0.2) is 14.8 Å². The van der Waals surface area contributed by atoms with E-state index in [0.717, 1.165) is 34.8 Å². The summed E-state index contributed by atoms with van der Waals surface area (Å²) in [7, 11) is 0. The number of aromatic nitrogens is 3. The zero-order chi connectivity index (χ0) is 23.4. The third kappa shape index (κ3) is 4.94. The summed E-state index contributed by atoms with van der Waals surface area (Å²) in [5, 5.41) is 20.1. The molecule has 3 aromatic carbocycles. The fraction of sp³-hybridized carbons (Fsp3) is 0.192. The lowest BCUT2D eigenvalue weighted by Crippen LogP contribution is -2.07. The van der Waals surface area contributed by atoms with Crippen molar-refractivity contribution in [2.24, 2.45) is 0 Å². The first-order valence-corrected chi connectivity index (χ1v) is 12.4. The highest BCUT2D eigenvalue weighted by Crippen LogP contribution is 2.36. The lowest BCUT2D eigenvalue weighted by Gasteiger charge is -2.18. The Bertz CT molecular complexity index is 1300. The third-order valence-corrected chi connectivity index (χ3v) is 6.99. The van der Waals surface area contributed by atoms with Crippen LogP contribution in [0.25, 0.3) is 17.1 Å². The van der Waals surface area contributed by atoms with Gasteiger partial charge in [-0.25, -0.2) is 0 Å². The number of para-hydroxylation sites is 1. The molecule has 0 radical (unpaired) electrons. The molecule has 0 N–H and O–H groups in total. The van der Waals surface area contributed by atoms with Crippen LogP contribution >= 0.6 is 35.0 Å². The van der Waals surface area contributed by atoms with E-state index in [1.807, 2.05) is 36.4 Å². The van der Waals surface area contributed by atoms with Crippen molar-refractivity contribution in [3.05, 3.63) is 93.0 Å². The summed E-state index contributed by atoms with van der Waals surface area (Å²) < 4.78 is 2.13. The second-order valence-corrected chi connectivity index (χ2v) is 9.28. The van der Waals surface area contributed by atoms with Gasteiger partial charge in [0.05, 0.1) is 22.3 Å². The van der Waals surface area contributed by atoms with Crippen LogP contribution in [0.2, 0.25) is 10.0 Å². The van der Waals surface area contributed by atoms with Gasteiger partial charge in [-0.2, -0.15) is 5.26 Å². The van der Waals surface area contributed by atoms with Crippen LogP contribution < -0.4 is 0 Å². The van der Waals surface area contributed by atoms with E-state index in [4.69, 9.17) is 28.5 Å². The number of hydrogen-bond acceptors (Lipinski definition) is 4. The topological polar surface area (TPSA) is 54.5 Å². The average molecular weight is 493 g/mol. The number of rotatable bonds is 7. The predicted molar refractivity (Wildman–Crippen MR) is 136 cm³/mol. The van der Waals surface area contributed by atoms with Crippen molar-refractivity contribution in [2.45, 2.75) is 37.6 Å². The van der Waals surface area contributed by atoms with E-state index in [1.54, 1.807) is 17.8 Å². The van der Waals surface area contributed by atoms with Crippen molar-refractivity contribution in [3.63, 3.8) is 0 Å². The molecule has 0 spiro atoms. The van der Waals surface area contributed by atoms with Crippen molar-refractivity contribution in [1.29, 1.82) is 5.26 Å². The van der Waals surface area contributed by atoms with Crippen LogP contribution in [-0.2, 0) is 18.6 Å². The lowest BCUT2D eigenvalue weighted by molar-refractivity contribution is 0.857. The van der Waals surface area contributed by atoms with Gasteiger partial charge < -0.3 is 0 Å². The molecular formula is C26H22Cl2N4S. The second kappa shape index (κ2) is 10.4. The largest absolute Gasteiger partial charge is 0.269 e. The molecule has 0 aliphatic heterocycles. The van der Waals surface area contributed by atoms with E-state index in [2.05, 4.69) is 52.9 Å². The summed E-state index contributed by atoms with van der Waals surface area (Å²) in [6.07, 6.45) is 1.77. The minimum absolute atomic E-state index is 0.534. The lowest BCUT2D eigenvalue weighted by atomic mass is 10.0. The molecule has 4 aromatic rings. The van der Waals surface area contributed by atoms with Gasteiger partial charge in [-0.15, -0.1) is 10.2 Å². The molecule has 0 saturated heterocycles. The number of halogens is 2. The molecule has 4 rings (SSSR count). The van der Waals surface area contributed by atoms with E-state index in [0.29, 0.717) is 27.2 Å². The van der Waals surface area contributed by atoms with Crippen molar-refractivity contribution in [2.75, 3.05) is 0 Å². The van der Waals surface area contributed by atoms with Gasteiger partial charge >= 0.3 is 0 Å². The minimum atomic E-state index is 0.534. The van der Waals surface area contributed by atoms with E-state index in [1.165, 1.54) is 11.1 Å². The highest BCUT2D eigenvalue weighted by molar-refractivity contribution is 7.98. The van der Waals surface area contributed by atoms with E-state index in [9.17, 15) is 0 Å². The summed E-state index contributed by atoms with van der Waals surface area (Å²) in [6.45, 7) is 4.31. The maximum atomic E-state index is 9.05. The molecule has 4 nitrogen and oxygen atoms in total. The molecule has 0 aliphatic rings. The normalized spacial score (nSPS) is 10.9. The fourth-order valence-corrected chi connectivity index (χ4v) is 5.12. The monoisotopic (exact) mass is 492 g/mol. The Morgan fingerprint density at radius 3 is 2.24 bits per heavy atom. The van der Waals surface area contributed by atoms with Crippen LogP contribution in [0.5, 0.6) is 0 Å². The van der Waals surface area contributed by atoms with Crippen LogP contribution in [0, 0.1) is 11.3 Å². The molecule has 0 unspecified atom stereocenters. The summed E-state index contributed by atoms with van der Waals surface area (Å²) in [4.78, 5) is 0. The van der Waals surface area contributed by atoms with E-state index < -0.39 is 0 Å². The Kier molecular flexibility index (Phi) is 7.39. The van der Waals surface area contributed by atoms with Crippen molar-refractivity contribution in [1.82, 2.24) is 14.8 Å². The molecule has 1 aromatic heterocycles. The maximum absolute atomic E-state index is 9.05. The summed E-state index contributed by atoms with van der Waals surface area (Å²) in [5.74, 6) is 1.39. The van der Waals surface area contributed by atoms with Gasteiger partial charge in [-0.3, -0.25) is 4.57 Å². The summed E-state index contributed by atoms with van der Waals surface area (Å²) >= 11 is 14.3. The van der Waals surface area contributed by atoms with Crippen LogP contribution in [0.15, 0.2) is 65.8 Å². The summed E-state index contributed by atoms with van der Waals surface area (Å²) in [6, 6.07) is 21.6. The molecular weight excluding hydrogens is 471 g/mol. The molecule has 166 valence electrons. The van der Waals surface area contributed by atoms with Crippen LogP contribution in [0.3, 0.4) is 0 Å². The molecule has 0 fully saturated rings. The third-order valence-electron chi connectivity index (χ3n) is 5.44. The first kappa shape index (κ1) is 23.4. The number of nitriles is 1. The standard InChI is InChI=1S/C26H22Cl2N4S/c1-3-19-6-5-7-20(4-2)24(19)32-25(22-13-12-21(27)14-23(22)28)30-31-26(32)33-16-18-10-8-17(15-29)9-11-18/h5-14H,3-4,16H2,1-2H3. The Morgan fingerprint density at radius 1 is 0.939 bits per heavy atom. The zero-order valence-electron chi connectivity index (χ0n) is 18.3. The molecule has 0 atom stereocenters. The molecule has 0 saturated carbocycles. The SMILES string of the molecule is CCc1cccc(CC)c1-n1c(SCc2ccc(C#N)cc2)nnc1-c1ccc(Cl)cc1Cl. The maximum Gasteiger partial charge on any atom is 0.196 e. The van der Waals surface area contributed by atoms with Gasteiger partial charge in [-0.05, 0) is 59.9 Å². The first-order chi connectivity index (χ1) is 16.0. The molecule has 1 heterocycles. The smallest absolute Gasteiger partial charge is 0.196 e. The predicted octanol–water partition coefficient (Wildman–Crippen LogP) is 7.53. The van der Waals surface area contributed by atoms with Gasteiger partial charge in [0.25, 0.3) is 0 Å². The summed E-state index contributed by atoms with van der Waals surface area (Å²) in [5.41, 5.74) is 6.10. The molecule has 0 amide bonds. The zero-order valence-corrected chi connectivity index (χ0v) is 20.7. The number of aryl methyl sites for hydroxylation is 2. The number of hydrogen-bond donors (Lipinski definition) is 0. The van der Waals surface area contributed by atoms with Crippen LogP contribution in [0.1, 0.15) is 36.1 Å². The number of nitrogens with zero attached hydrogens (tertiary/aromatic N) is 4. The minimum Gasteiger partial charge on any atom is -0.269 e. The van der Waals surface area contributed by atoms with Gasteiger partial charge in [-0.1, -0.05) is 79.1 Å².